The third-order valence-electron chi connectivity index (χ3n) is 2.94. The van der Waals surface area contributed by atoms with Crippen LogP contribution in [0.3, 0.4) is 0 Å². The molecule has 1 aliphatic carbocycles. The number of rotatable bonds is 3. The van der Waals surface area contributed by atoms with Gasteiger partial charge in [0.15, 0.2) is 0 Å². The summed E-state index contributed by atoms with van der Waals surface area (Å²) in [6, 6.07) is 3.74. The Balaban J connectivity index is 1.94. The molecule has 5 heteroatoms. The van der Waals surface area contributed by atoms with Crippen molar-refractivity contribution in [1.29, 1.82) is 0 Å². The van der Waals surface area contributed by atoms with E-state index in [0.717, 1.165) is 25.0 Å². The van der Waals surface area contributed by atoms with Gasteiger partial charge in [-0.3, -0.25) is 4.79 Å². The van der Waals surface area contributed by atoms with Crippen molar-refractivity contribution in [2.45, 2.75) is 31.3 Å². The summed E-state index contributed by atoms with van der Waals surface area (Å²) in [5.74, 6) is -1.75. The topological polar surface area (TPSA) is 55.1 Å². The number of hydrogen-bond donors (Lipinski definition) is 2. The van der Waals surface area contributed by atoms with E-state index in [1.807, 2.05) is 0 Å². The molecule has 3 N–H and O–H groups in total. The Labute approximate surface area is 98.0 Å². The molecule has 17 heavy (non-hydrogen) atoms. The quantitative estimate of drug-likeness (QED) is 0.831. The second-order valence-corrected chi connectivity index (χ2v) is 4.37. The molecule has 2 rings (SSSR count). The Morgan fingerprint density at radius 1 is 1.35 bits per heavy atom. The van der Waals surface area contributed by atoms with Gasteiger partial charge in [-0.15, -0.1) is 0 Å². The van der Waals surface area contributed by atoms with Crippen LogP contribution in [0.2, 0.25) is 0 Å². The first-order valence-corrected chi connectivity index (χ1v) is 5.54. The first-order valence-electron chi connectivity index (χ1n) is 5.54. The third-order valence-corrected chi connectivity index (χ3v) is 2.94. The van der Waals surface area contributed by atoms with Gasteiger partial charge in [-0.05, 0) is 25.0 Å². The van der Waals surface area contributed by atoms with E-state index >= 15 is 0 Å². The Kier molecular flexibility index (Phi) is 3.38. The molecule has 3 nitrogen and oxygen atoms in total. The van der Waals surface area contributed by atoms with E-state index in [1.54, 1.807) is 0 Å². The van der Waals surface area contributed by atoms with Crippen molar-refractivity contribution >= 4 is 5.91 Å². The fourth-order valence-corrected chi connectivity index (χ4v) is 1.92. The van der Waals surface area contributed by atoms with Gasteiger partial charge in [0.2, 0.25) is 5.91 Å². The summed E-state index contributed by atoms with van der Waals surface area (Å²) in [6.45, 7) is 0. The molecule has 0 saturated heterocycles. The molecule has 1 aliphatic rings. The molecule has 0 spiro atoms. The van der Waals surface area contributed by atoms with Crippen molar-refractivity contribution in [2.75, 3.05) is 0 Å². The Morgan fingerprint density at radius 3 is 2.47 bits per heavy atom. The highest BCUT2D eigenvalue weighted by atomic mass is 19.1. The van der Waals surface area contributed by atoms with Crippen LogP contribution in [0.1, 0.15) is 18.4 Å². The minimum atomic E-state index is -0.689. The van der Waals surface area contributed by atoms with Crippen molar-refractivity contribution in [3.8, 4) is 0 Å². The van der Waals surface area contributed by atoms with Gasteiger partial charge in [-0.1, -0.05) is 6.07 Å². The van der Waals surface area contributed by atoms with Crippen LogP contribution in [-0.2, 0) is 11.2 Å². The molecule has 1 aromatic carbocycles. The lowest BCUT2D eigenvalue weighted by Gasteiger charge is -2.33. The zero-order chi connectivity index (χ0) is 12.4. The minimum absolute atomic E-state index is 0.0485. The molecule has 0 unspecified atom stereocenters. The Bertz CT molecular complexity index is 410. The normalized spacial score (nSPS) is 23.0. The van der Waals surface area contributed by atoms with Gasteiger partial charge in [0.1, 0.15) is 11.6 Å². The van der Waals surface area contributed by atoms with E-state index in [-0.39, 0.29) is 30.0 Å². The molecular formula is C12H14F2N2O. The zero-order valence-corrected chi connectivity index (χ0v) is 9.25. The second-order valence-electron chi connectivity index (χ2n) is 4.37. The van der Waals surface area contributed by atoms with Crippen molar-refractivity contribution in [2.24, 2.45) is 5.73 Å². The Morgan fingerprint density at radius 2 is 1.94 bits per heavy atom. The summed E-state index contributed by atoms with van der Waals surface area (Å²) >= 11 is 0. The van der Waals surface area contributed by atoms with Crippen molar-refractivity contribution < 1.29 is 13.6 Å². The molecule has 1 amide bonds. The van der Waals surface area contributed by atoms with Gasteiger partial charge in [-0.25, -0.2) is 8.78 Å². The fraction of sp³-hybridized carbons (Fsp3) is 0.417. The molecule has 0 bridgehead atoms. The molecule has 1 saturated carbocycles. The largest absolute Gasteiger partial charge is 0.353 e. The molecule has 0 atom stereocenters. The predicted octanol–water partition coefficient (Wildman–Crippen LogP) is 1.11. The minimum Gasteiger partial charge on any atom is -0.353 e. The summed E-state index contributed by atoms with van der Waals surface area (Å²) < 4.78 is 26.5. The molecule has 0 heterocycles. The SMILES string of the molecule is NC1CC(NC(=O)Cc2c(F)cccc2F)C1. The molecule has 0 aromatic heterocycles. The van der Waals surface area contributed by atoms with E-state index in [1.165, 1.54) is 6.07 Å². The number of amides is 1. The zero-order valence-electron chi connectivity index (χ0n) is 9.25. The van der Waals surface area contributed by atoms with Crippen LogP contribution in [0.25, 0.3) is 0 Å². The first kappa shape index (κ1) is 12.0. The smallest absolute Gasteiger partial charge is 0.224 e. The number of hydrogen-bond acceptors (Lipinski definition) is 2. The van der Waals surface area contributed by atoms with E-state index in [4.69, 9.17) is 5.73 Å². The highest BCUT2D eigenvalue weighted by molar-refractivity contribution is 5.79. The highest BCUT2D eigenvalue weighted by Crippen LogP contribution is 2.18. The van der Waals surface area contributed by atoms with E-state index in [9.17, 15) is 13.6 Å². The summed E-state index contributed by atoms with van der Waals surface area (Å²) in [4.78, 5) is 11.5. The van der Waals surface area contributed by atoms with Crippen molar-refractivity contribution in [3.63, 3.8) is 0 Å². The Hall–Kier alpha value is -1.49. The van der Waals surface area contributed by atoms with Crippen LogP contribution in [0.5, 0.6) is 0 Å². The number of carbonyl (C=O) groups is 1. The monoisotopic (exact) mass is 240 g/mol. The lowest BCUT2D eigenvalue weighted by Crippen LogP contribution is -2.50. The fourth-order valence-electron chi connectivity index (χ4n) is 1.92. The number of benzene rings is 1. The summed E-state index contributed by atoms with van der Waals surface area (Å²) in [6.07, 6.45) is 1.18. The third kappa shape index (κ3) is 2.79. The van der Waals surface area contributed by atoms with E-state index in [2.05, 4.69) is 5.32 Å². The van der Waals surface area contributed by atoms with Gasteiger partial charge in [0.25, 0.3) is 0 Å². The van der Waals surface area contributed by atoms with E-state index in [0.29, 0.717) is 0 Å². The van der Waals surface area contributed by atoms with Gasteiger partial charge < -0.3 is 11.1 Å². The summed E-state index contributed by atoms with van der Waals surface area (Å²) in [5, 5.41) is 2.70. The molecular weight excluding hydrogens is 226 g/mol. The van der Waals surface area contributed by atoms with Crippen LogP contribution < -0.4 is 11.1 Å². The first-order chi connectivity index (χ1) is 8.06. The average Bonchev–Trinajstić information content (AvgIpc) is 2.21. The van der Waals surface area contributed by atoms with Gasteiger partial charge in [0.05, 0.1) is 6.42 Å². The van der Waals surface area contributed by atoms with E-state index < -0.39 is 11.6 Å². The molecule has 92 valence electrons. The maximum atomic E-state index is 13.3. The molecule has 0 radical (unpaired) electrons. The van der Waals surface area contributed by atoms with Crippen LogP contribution in [0.15, 0.2) is 18.2 Å². The number of nitrogens with two attached hydrogens (primary N) is 1. The summed E-state index contributed by atoms with van der Waals surface area (Å²) in [5.41, 5.74) is 5.39. The lowest BCUT2D eigenvalue weighted by molar-refractivity contribution is -0.121. The van der Waals surface area contributed by atoms with Crippen LogP contribution in [-0.4, -0.2) is 18.0 Å². The number of halogens is 2. The number of nitrogens with one attached hydrogen (secondary N) is 1. The van der Waals surface area contributed by atoms with Crippen molar-refractivity contribution in [1.82, 2.24) is 5.32 Å². The van der Waals surface area contributed by atoms with Crippen molar-refractivity contribution in [3.05, 3.63) is 35.4 Å². The maximum absolute atomic E-state index is 13.3. The van der Waals surface area contributed by atoms with Gasteiger partial charge >= 0.3 is 0 Å². The molecule has 1 aromatic rings. The van der Waals surface area contributed by atoms with Crippen LogP contribution in [0, 0.1) is 11.6 Å². The lowest BCUT2D eigenvalue weighted by atomic mass is 9.87. The standard InChI is InChI=1S/C12H14F2N2O/c13-10-2-1-3-11(14)9(10)6-12(17)16-8-4-7(15)5-8/h1-3,7-8H,4-6,15H2,(H,16,17). The second kappa shape index (κ2) is 4.79. The maximum Gasteiger partial charge on any atom is 0.224 e. The van der Waals surface area contributed by atoms with Crippen LogP contribution >= 0.6 is 0 Å². The molecule has 0 aliphatic heterocycles. The van der Waals surface area contributed by atoms with Crippen LogP contribution in [0.4, 0.5) is 8.78 Å². The predicted molar refractivity (Wildman–Crippen MR) is 59.2 cm³/mol. The number of carbonyl (C=O) groups excluding carboxylic acids is 1. The highest BCUT2D eigenvalue weighted by Gasteiger charge is 2.27. The average molecular weight is 240 g/mol. The van der Waals surface area contributed by atoms with Gasteiger partial charge in [-0.2, -0.15) is 0 Å². The summed E-state index contributed by atoms with van der Waals surface area (Å²) in [7, 11) is 0. The molecule has 1 fully saturated rings. The van der Waals surface area contributed by atoms with Gasteiger partial charge in [0, 0.05) is 17.6 Å².